The maximum Gasteiger partial charge on any atom is 0.229 e. The SMILES string of the molecule is COc1cc([C@H]2OC[C@H]3[C@H]2CO[C@H]3c2ccc(O[C@H]3O[C@H](CO)[C@@H](O)[C@@H](O)[C@H]3O)c(OC)c2)ccc1O. The molecule has 11 heteroatoms. The van der Waals surface area contributed by atoms with Crippen LogP contribution in [0.25, 0.3) is 0 Å². The monoisotopic (exact) mass is 520 g/mol. The van der Waals surface area contributed by atoms with E-state index in [1.54, 1.807) is 24.3 Å². The van der Waals surface area contributed by atoms with Crippen molar-refractivity contribution in [1.82, 2.24) is 0 Å². The van der Waals surface area contributed by atoms with Crippen LogP contribution in [0.5, 0.6) is 23.0 Å². The molecule has 2 aromatic rings. The lowest BCUT2D eigenvalue weighted by Gasteiger charge is -2.39. The third-order valence-electron chi connectivity index (χ3n) is 7.40. The molecule has 3 heterocycles. The fourth-order valence-electron chi connectivity index (χ4n) is 5.35. The Morgan fingerprint density at radius 1 is 0.784 bits per heavy atom. The average Bonchev–Trinajstić information content (AvgIpc) is 3.52. The standard InChI is InChI=1S/C26H32O11/c1-32-18-7-12(3-5-16(18)28)24-14-10-35-25(15(14)11-34-24)13-4-6-17(19(8-13)33-2)36-26-23(31)22(30)21(29)20(9-27)37-26/h3-8,14-15,20-31H,9-11H2,1-2H3/t14-,15+,20-,21-,22-,23-,24-,25+,26+/m1/s1. The second kappa shape index (κ2) is 10.6. The van der Waals surface area contributed by atoms with E-state index >= 15 is 0 Å². The van der Waals surface area contributed by atoms with E-state index in [4.69, 9.17) is 28.4 Å². The van der Waals surface area contributed by atoms with Gasteiger partial charge in [0.05, 0.1) is 46.2 Å². The minimum absolute atomic E-state index is 0.0689. The molecule has 37 heavy (non-hydrogen) atoms. The normalized spacial score (nSPS) is 35.2. The van der Waals surface area contributed by atoms with Crippen molar-refractivity contribution in [2.24, 2.45) is 11.8 Å². The Morgan fingerprint density at radius 3 is 1.97 bits per heavy atom. The Kier molecular flexibility index (Phi) is 7.46. The maximum absolute atomic E-state index is 10.3. The van der Waals surface area contributed by atoms with E-state index in [9.17, 15) is 25.5 Å². The summed E-state index contributed by atoms with van der Waals surface area (Å²) in [5.41, 5.74) is 1.77. The molecule has 9 atom stereocenters. The largest absolute Gasteiger partial charge is 0.504 e. The highest BCUT2D eigenvalue weighted by Gasteiger charge is 2.49. The smallest absolute Gasteiger partial charge is 0.229 e. The molecule has 5 rings (SSSR count). The number of hydrogen-bond acceptors (Lipinski definition) is 11. The number of fused-ring (bicyclic) bond motifs is 1. The Hall–Kier alpha value is -2.64. The van der Waals surface area contributed by atoms with Gasteiger partial charge in [-0.3, -0.25) is 0 Å². The van der Waals surface area contributed by atoms with Crippen molar-refractivity contribution in [2.45, 2.75) is 42.9 Å². The zero-order chi connectivity index (χ0) is 26.3. The lowest BCUT2D eigenvalue weighted by atomic mass is 9.85. The zero-order valence-corrected chi connectivity index (χ0v) is 20.5. The van der Waals surface area contributed by atoms with E-state index in [1.165, 1.54) is 14.2 Å². The maximum atomic E-state index is 10.3. The number of phenols is 1. The van der Waals surface area contributed by atoms with E-state index in [2.05, 4.69) is 0 Å². The van der Waals surface area contributed by atoms with Gasteiger partial charge in [0.15, 0.2) is 23.0 Å². The van der Waals surface area contributed by atoms with Crippen molar-refractivity contribution in [1.29, 1.82) is 0 Å². The van der Waals surface area contributed by atoms with Crippen LogP contribution in [0.4, 0.5) is 0 Å². The predicted molar refractivity (Wildman–Crippen MR) is 126 cm³/mol. The van der Waals surface area contributed by atoms with Gasteiger partial charge in [-0.05, 0) is 35.4 Å². The quantitative estimate of drug-likeness (QED) is 0.349. The van der Waals surface area contributed by atoms with Gasteiger partial charge in [-0.15, -0.1) is 0 Å². The van der Waals surface area contributed by atoms with Crippen LogP contribution in [0.3, 0.4) is 0 Å². The number of phenolic OH excluding ortho intramolecular Hbond substituents is 1. The van der Waals surface area contributed by atoms with Crippen molar-refractivity contribution >= 4 is 0 Å². The van der Waals surface area contributed by atoms with Crippen molar-refractivity contribution < 1.29 is 54.0 Å². The lowest BCUT2D eigenvalue weighted by molar-refractivity contribution is -0.277. The van der Waals surface area contributed by atoms with Crippen molar-refractivity contribution in [3.63, 3.8) is 0 Å². The fourth-order valence-corrected chi connectivity index (χ4v) is 5.35. The first-order valence-electron chi connectivity index (χ1n) is 12.1. The minimum Gasteiger partial charge on any atom is -0.504 e. The van der Waals surface area contributed by atoms with E-state index in [1.807, 2.05) is 12.1 Å². The Labute approximate surface area is 213 Å². The third-order valence-corrected chi connectivity index (χ3v) is 7.40. The molecule has 0 aromatic heterocycles. The van der Waals surface area contributed by atoms with Crippen molar-refractivity contribution in [2.75, 3.05) is 34.0 Å². The summed E-state index contributed by atoms with van der Waals surface area (Å²) >= 11 is 0. The lowest BCUT2D eigenvalue weighted by Crippen LogP contribution is -2.60. The van der Waals surface area contributed by atoms with Gasteiger partial charge in [0.1, 0.15) is 24.4 Å². The highest BCUT2D eigenvalue weighted by molar-refractivity contribution is 5.45. The van der Waals surface area contributed by atoms with E-state index in [-0.39, 0.29) is 35.5 Å². The van der Waals surface area contributed by atoms with Crippen LogP contribution in [0.2, 0.25) is 0 Å². The van der Waals surface area contributed by atoms with Crippen LogP contribution in [0.1, 0.15) is 23.3 Å². The first-order chi connectivity index (χ1) is 17.9. The van der Waals surface area contributed by atoms with E-state index < -0.39 is 37.3 Å². The number of methoxy groups -OCH3 is 2. The number of benzene rings is 2. The number of aliphatic hydroxyl groups is 4. The molecular formula is C26H32O11. The summed E-state index contributed by atoms with van der Waals surface area (Å²) in [6, 6.07) is 10.5. The minimum atomic E-state index is -1.55. The average molecular weight is 521 g/mol. The summed E-state index contributed by atoms with van der Waals surface area (Å²) in [6.45, 7) is 0.436. The van der Waals surface area contributed by atoms with Gasteiger partial charge in [-0.25, -0.2) is 0 Å². The molecule has 3 aliphatic rings. The summed E-state index contributed by atoms with van der Waals surface area (Å²) in [4.78, 5) is 0. The molecule has 0 radical (unpaired) electrons. The first kappa shape index (κ1) is 26.0. The van der Waals surface area contributed by atoms with Gasteiger partial charge in [0.25, 0.3) is 0 Å². The molecule has 0 aliphatic carbocycles. The van der Waals surface area contributed by atoms with E-state index in [0.29, 0.717) is 24.7 Å². The van der Waals surface area contributed by atoms with Gasteiger partial charge in [-0.2, -0.15) is 0 Å². The second-order valence-electron chi connectivity index (χ2n) is 9.49. The first-order valence-corrected chi connectivity index (χ1v) is 12.1. The zero-order valence-electron chi connectivity index (χ0n) is 20.5. The van der Waals surface area contributed by atoms with Gasteiger partial charge in [0.2, 0.25) is 6.29 Å². The van der Waals surface area contributed by atoms with E-state index in [0.717, 1.165) is 11.1 Å². The highest BCUT2D eigenvalue weighted by atomic mass is 16.7. The molecule has 11 nitrogen and oxygen atoms in total. The van der Waals surface area contributed by atoms with Crippen LogP contribution in [0, 0.1) is 11.8 Å². The van der Waals surface area contributed by atoms with Crippen LogP contribution in [0.15, 0.2) is 36.4 Å². The molecule has 5 N–H and O–H groups in total. The van der Waals surface area contributed by atoms with Crippen LogP contribution in [-0.2, 0) is 14.2 Å². The summed E-state index contributed by atoms with van der Waals surface area (Å²) < 4.78 is 34.3. The topological polar surface area (TPSA) is 157 Å². The molecule has 3 fully saturated rings. The molecule has 2 aromatic carbocycles. The molecule has 3 saturated heterocycles. The van der Waals surface area contributed by atoms with Gasteiger partial charge in [-0.1, -0.05) is 12.1 Å². The molecule has 3 aliphatic heterocycles. The molecular weight excluding hydrogens is 488 g/mol. The number of aromatic hydroxyl groups is 1. The number of aliphatic hydroxyl groups excluding tert-OH is 4. The Balaban J connectivity index is 1.32. The Morgan fingerprint density at radius 2 is 1.38 bits per heavy atom. The summed E-state index contributed by atoms with van der Waals surface area (Å²) in [6.07, 6.45) is -7.41. The van der Waals surface area contributed by atoms with Crippen LogP contribution >= 0.6 is 0 Å². The second-order valence-corrected chi connectivity index (χ2v) is 9.49. The van der Waals surface area contributed by atoms with Gasteiger partial charge in [0, 0.05) is 11.8 Å². The van der Waals surface area contributed by atoms with Crippen molar-refractivity contribution in [3.05, 3.63) is 47.5 Å². The summed E-state index contributed by atoms with van der Waals surface area (Å²) in [5.74, 6) is 1.27. The highest BCUT2D eigenvalue weighted by Crippen LogP contribution is 2.51. The number of ether oxygens (including phenoxy) is 6. The molecule has 0 amide bonds. The number of hydrogen-bond donors (Lipinski definition) is 5. The molecule has 0 bridgehead atoms. The third kappa shape index (κ3) is 4.72. The molecule has 0 saturated carbocycles. The summed E-state index contributed by atoms with van der Waals surface area (Å²) in [5, 5.41) is 49.7. The van der Waals surface area contributed by atoms with Crippen molar-refractivity contribution in [3.8, 4) is 23.0 Å². The predicted octanol–water partition coefficient (Wildman–Crippen LogP) is 0.663. The number of rotatable bonds is 7. The molecule has 0 unspecified atom stereocenters. The molecule has 0 spiro atoms. The van der Waals surface area contributed by atoms with Crippen LogP contribution in [-0.4, -0.2) is 90.3 Å². The van der Waals surface area contributed by atoms with Gasteiger partial charge < -0.3 is 54.0 Å². The van der Waals surface area contributed by atoms with Crippen LogP contribution < -0.4 is 14.2 Å². The molecule has 202 valence electrons. The van der Waals surface area contributed by atoms with Gasteiger partial charge >= 0.3 is 0 Å². The fraction of sp³-hybridized carbons (Fsp3) is 0.538. The Bertz CT molecular complexity index is 1090. The summed E-state index contributed by atoms with van der Waals surface area (Å²) in [7, 11) is 2.98.